The molecular weight excluding hydrogens is 316 g/mol. The Morgan fingerprint density at radius 1 is 1.21 bits per heavy atom. The summed E-state index contributed by atoms with van der Waals surface area (Å²) < 4.78 is 5.56. The van der Waals surface area contributed by atoms with Crippen molar-refractivity contribution >= 4 is 17.8 Å². The molecule has 1 amide bonds. The number of amides is 1. The van der Waals surface area contributed by atoms with E-state index in [1.165, 1.54) is 0 Å². The van der Waals surface area contributed by atoms with Crippen molar-refractivity contribution in [1.82, 2.24) is 4.90 Å². The lowest BCUT2D eigenvalue weighted by Gasteiger charge is -2.27. The van der Waals surface area contributed by atoms with Gasteiger partial charge in [0.2, 0.25) is 5.91 Å². The maximum atomic E-state index is 11.8. The van der Waals surface area contributed by atoms with Crippen molar-refractivity contribution in [1.29, 1.82) is 0 Å². The van der Waals surface area contributed by atoms with Gasteiger partial charge < -0.3 is 20.7 Å². The lowest BCUT2D eigenvalue weighted by molar-refractivity contribution is -0.143. The van der Waals surface area contributed by atoms with Crippen molar-refractivity contribution < 1.29 is 29.3 Å². The first-order valence-corrected chi connectivity index (χ1v) is 7.54. The predicted molar refractivity (Wildman–Crippen MR) is 85.6 cm³/mol. The number of nitrogens with two attached hydrogens (primary N) is 1. The number of ether oxygens (including phenoxy) is 1. The maximum absolute atomic E-state index is 11.8. The quantitative estimate of drug-likeness (QED) is 0.510. The number of hydrogen-bond acceptors (Lipinski definition) is 5. The van der Waals surface area contributed by atoms with Crippen molar-refractivity contribution in [2.24, 2.45) is 5.73 Å². The first-order valence-electron chi connectivity index (χ1n) is 7.54. The van der Waals surface area contributed by atoms with E-state index in [9.17, 15) is 14.4 Å². The van der Waals surface area contributed by atoms with Gasteiger partial charge in [-0.05, 0) is 24.1 Å². The molecule has 4 N–H and O–H groups in total. The number of carbonyl (C=O) groups excluding carboxylic acids is 1. The first-order chi connectivity index (χ1) is 11.3. The van der Waals surface area contributed by atoms with Gasteiger partial charge in [-0.15, -0.1) is 0 Å². The summed E-state index contributed by atoms with van der Waals surface area (Å²) in [4.78, 5) is 34.8. The van der Waals surface area contributed by atoms with Crippen molar-refractivity contribution in [3.63, 3.8) is 0 Å². The lowest BCUT2D eigenvalue weighted by Crippen LogP contribution is -2.43. The molecular formula is C16H22N2O6. The van der Waals surface area contributed by atoms with Crippen molar-refractivity contribution in [3.05, 3.63) is 29.8 Å². The van der Waals surface area contributed by atoms with Crippen LogP contribution < -0.4 is 10.5 Å². The van der Waals surface area contributed by atoms with Crippen molar-refractivity contribution in [3.8, 4) is 5.75 Å². The molecule has 0 aliphatic carbocycles. The topological polar surface area (TPSA) is 130 Å². The summed E-state index contributed by atoms with van der Waals surface area (Å²) in [6, 6.07) is 5.33. The largest absolute Gasteiger partial charge is 0.494 e. The fourth-order valence-electron chi connectivity index (χ4n) is 2.25. The van der Waals surface area contributed by atoms with E-state index < -0.39 is 37.0 Å². The molecule has 1 rings (SSSR count). The Hall–Kier alpha value is -2.61. The fraction of sp³-hybridized carbons (Fsp3) is 0.438. The molecule has 0 spiro atoms. The van der Waals surface area contributed by atoms with Gasteiger partial charge in [-0.25, -0.2) is 0 Å². The highest BCUT2D eigenvalue weighted by Gasteiger charge is 2.29. The third kappa shape index (κ3) is 6.25. The third-order valence-corrected chi connectivity index (χ3v) is 3.25. The number of hydrogen-bond donors (Lipinski definition) is 3. The van der Waals surface area contributed by atoms with Crippen LogP contribution in [0.2, 0.25) is 0 Å². The highest BCUT2D eigenvalue weighted by atomic mass is 16.5. The summed E-state index contributed by atoms with van der Waals surface area (Å²) in [6.45, 7) is 1.29. The van der Waals surface area contributed by atoms with Crippen molar-refractivity contribution in [2.75, 3.05) is 19.7 Å². The van der Waals surface area contributed by atoms with Gasteiger partial charge in [0.25, 0.3) is 0 Å². The Morgan fingerprint density at radius 3 is 2.33 bits per heavy atom. The number of rotatable bonds is 11. The van der Waals surface area contributed by atoms with E-state index in [0.717, 1.165) is 17.7 Å². The molecule has 0 aromatic heterocycles. The van der Waals surface area contributed by atoms with Crippen LogP contribution in [0.1, 0.15) is 31.4 Å². The summed E-state index contributed by atoms with van der Waals surface area (Å²) in [7, 11) is 0. The molecule has 1 atom stereocenters. The number of aliphatic carboxylic acids is 2. The number of carboxylic acids is 2. The van der Waals surface area contributed by atoms with Crippen LogP contribution in [-0.2, 0) is 14.4 Å². The van der Waals surface area contributed by atoms with E-state index in [4.69, 9.17) is 20.7 Å². The molecule has 1 aromatic carbocycles. The summed E-state index contributed by atoms with van der Waals surface area (Å²) in [5.41, 5.74) is 5.77. The molecule has 0 saturated carbocycles. The van der Waals surface area contributed by atoms with E-state index in [2.05, 4.69) is 0 Å². The fourth-order valence-corrected chi connectivity index (χ4v) is 2.25. The minimum absolute atomic E-state index is 0.388. The summed E-state index contributed by atoms with van der Waals surface area (Å²) in [5.74, 6) is -2.82. The third-order valence-electron chi connectivity index (χ3n) is 3.25. The zero-order valence-electron chi connectivity index (χ0n) is 13.5. The lowest BCUT2D eigenvalue weighted by atomic mass is 10.0. The second kappa shape index (κ2) is 9.51. The molecule has 24 heavy (non-hydrogen) atoms. The van der Waals surface area contributed by atoms with E-state index in [1.54, 1.807) is 24.3 Å². The van der Waals surface area contributed by atoms with Gasteiger partial charge in [-0.3, -0.25) is 19.3 Å². The molecule has 132 valence electrons. The van der Waals surface area contributed by atoms with Gasteiger partial charge in [0.15, 0.2) is 0 Å². The zero-order chi connectivity index (χ0) is 18.1. The molecule has 0 aliphatic rings. The molecule has 8 heteroatoms. The molecule has 0 fully saturated rings. The van der Waals surface area contributed by atoms with Gasteiger partial charge in [0.1, 0.15) is 11.8 Å². The summed E-state index contributed by atoms with van der Waals surface area (Å²) >= 11 is 0. The molecule has 1 unspecified atom stereocenters. The van der Waals surface area contributed by atoms with Crippen LogP contribution in [0.15, 0.2) is 24.3 Å². The number of benzene rings is 1. The van der Waals surface area contributed by atoms with Crippen LogP contribution in [0.25, 0.3) is 0 Å². The maximum Gasteiger partial charge on any atom is 0.317 e. The number of nitrogens with zero attached hydrogens (tertiary/aromatic N) is 1. The van der Waals surface area contributed by atoms with Crippen LogP contribution in [-0.4, -0.2) is 52.7 Å². The van der Waals surface area contributed by atoms with Gasteiger partial charge in [0, 0.05) is 0 Å². The Bertz CT molecular complexity index is 574. The van der Waals surface area contributed by atoms with Crippen molar-refractivity contribution in [2.45, 2.75) is 25.8 Å². The Balaban J connectivity index is 3.08. The molecule has 8 nitrogen and oxygen atoms in total. The predicted octanol–water partition coefficient (Wildman–Crippen LogP) is 0.863. The van der Waals surface area contributed by atoms with Gasteiger partial charge >= 0.3 is 11.9 Å². The van der Waals surface area contributed by atoms with Crippen LogP contribution in [0.5, 0.6) is 5.75 Å². The number of carbonyl (C=O) groups is 3. The van der Waals surface area contributed by atoms with E-state index in [-0.39, 0.29) is 0 Å². The van der Waals surface area contributed by atoms with E-state index in [1.807, 2.05) is 6.92 Å². The van der Waals surface area contributed by atoms with E-state index >= 15 is 0 Å². The second-order valence-corrected chi connectivity index (χ2v) is 5.27. The Labute approximate surface area is 139 Å². The number of carboxylic acid groups (broad SMARTS) is 2. The van der Waals surface area contributed by atoms with Gasteiger partial charge in [0.05, 0.1) is 19.7 Å². The normalized spacial score (nSPS) is 11.9. The summed E-state index contributed by atoms with van der Waals surface area (Å²) in [5, 5.41) is 17.9. The monoisotopic (exact) mass is 338 g/mol. The van der Waals surface area contributed by atoms with Crippen LogP contribution in [0.3, 0.4) is 0 Å². The highest BCUT2D eigenvalue weighted by Crippen LogP contribution is 2.24. The molecule has 0 heterocycles. The standard InChI is InChI=1S/C16H22N2O6/c1-2-3-7-24-12-6-4-5-11(8-12)15(16(17)23)18(9-13(19)20)10-14(21)22/h4-6,8,15H,2-3,7,9-10H2,1H3,(H2,17,23)(H,19,20)(H,21,22). The second-order valence-electron chi connectivity index (χ2n) is 5.27. The smallest absolute Gasteiger partial charge is 0.317 e. The average Bonchev–Trinajstić information content (AvgIpc) is 2.46. The SMILES string of the molecule is CCCCOc1cccc(C(C(N)=O)N(CC(=O)O)CC(=O)O)c1. The van der Waals surface area contributed by atoms with Gasteiger partial charge in [-0.2, -0.15) is 0 Å². The Kier molecular flexibility index (Phi) is 7.70. The average molecular weight is 338 g/mol. The van der Waals surface area contributed by atoms with Crippen LogP contribution >= 0.6 is 0 Å². The van der Waals surface area contributed by atoms with Gasteiger partial charge in [-0.1, -0.05) is 25.5 Å². The van der Waals surface area contributed by atoms with Crippen LogP contribution in [0.4, 0.5) is 0 Å². The molecule has 1 aromatic rings. The zero-order valence-corrected chi connectivity index (χ0v) is 13.5. The summed E-state index contributed by atoms with van der Waals surface area (Å²) in [6.07, 6.45) is 1.84. The van der Waals surface area contributed by atoms with E-state index in [0.29, 0.717) is 17.9 Å². The minimum Gasteiger partial charge on any atom is -0.494 e. The van der Waals surface area contributed by atoms with Crippen LogP contribution in [0, 0.1) is 0 Å². The highest BCUT2D eigenvalue weighted by molar-refractivity contribution is 5.83. The molecule has 0 saturated heterocycles. The Morgan fingerprint density at radius 2 is 1.83 bits per heavy atom. The number of primary amides is 1. The number of unbranched alkanes of at least 4 members (excludes halogenated alkanes) is 1. The molecule has 0 radical (unpaired) electrons. The first kappa shape index (κ1) is 19.4. The molecule has 0 bridgehead atoms. The molecule has 0 aliphatic heterocycles. The minimum atomic E-state index is -1.25.